The number of rotatable bonds is 3. The van der Waals surface area contributed by atoms with E-state index in [9.17, 15) is 4.79 Å². The molecule has 1 aromatic heterocycles. The Balaban J connectivity index is 2.56. The van der Waals surface area contributed by atoms with Crippen LogP contribution in [0.3, 0.4) is 0 Å². The van der Waals surface area contributed by atoms with Gasteiger partial charge in [0.25, 0.3) is 0 Å². The van der Waals surface area contributed by atoms with Crippen LogP contribution in [-0.4, -0.2) is 16.3 Å². The lowest BCUT2D eigenvalue weighted by Gasteiger charge is -2.13. The molecule has 1 rings (SSSR count). The number of primary amides is 1. The molecule has 13 heavy (non-hydrogen) atoms. The summed E-state index contributed by atoms with van der Waals surface area (Å²) in [5.74, 6) is 0. The second-order valence-corrected chi connectivity index (χ2v) is 3.30. The van der Waals surface area contributed by atoms with Crippen LogP contribution in [0.25, 0.3) is 0 Å². The van der Waals surface area contributed by atoms with Gasteiger partial charge in [-0.1, -0.05) is 6.58 Å². The molecule has 0 saturated carbocycles. The second-order valence-electron chi connectivity index (χ2n) is 2.52. The Hall–Kier alpha value is -1.33. The minimum absolute atomic E-state index is 0.269. The quantitative estimate of drug-likeness (QED) is 0.572. The summed E-state index contributed by atoms with van der Waals surface area (Å²) in [5.41, 5.74) is 6.11. The highest BCUT2D eigenvalue weighted by Crippen LogP contribution is 2.12. The average Bonchev–Trinajstić information content (AvgIpc) is 2.55. The normalized spacial score (nSPS) is 9.62. The topological polar surface area (TPSA) is 66.6 Å². The van der Waals surface area contributed by atoms with E-state index in [1.54, 1.807) is 11.3 Å². The number of thiophene rings is 1. The van der Waals surface area contributed by atoms with Gasteiger partial charge in [-0.25, -0.2) is 4.79 Å². The molecule has 70 valence electrons. The van der Waals surface area contributed by atoms with Crippen molar-refractivity contribution in [1.29, 1.82) is 0 Å². The van der Waals surface area contributed by atoms with Crippen LogP contribution in [-0.2, 0) is 6.42 Å². The Kier molecular flexibility index (Phi) is 3.05. The molecular formula is C8H10N2O2S. The van der Waals surface area contributed by atoms with E-state index >= 15 is 0 Å². The first-order chi connectivity index (χ1) is 6.11. The first-order valence-electron chi connectivity index (χ1n) is 3.58. The number of nitrogens with two attached hydrogens (primary N) is 1. The minimum Gasteiger partial charge on any atom is -0.349 e. The van der Waals surface area contributed by atoms with Gasteiger partial charge in [0.05, 0.1) is 0 Å². The van der Waals surface area contributed by atoms with Crippen LogP contribution >= 0.6 is 11.3 Å². The highest BCUT2D eigenvalue weighted by molar-refractivity contribution is 7.07. The van der Waals surface area contributed by atoms with Gasteiger partial charge in [-0.15, -0.1) is 0 Å². The van der Waals surface area contributed by atoms with E-state index in [0.717, 1.165) is 5.56 Å². The molecule has 0 aromatic carbocycles. The number of hydrogen-bond donors (Lipinski definition) is 2. The molecule has 0 radical (unpaired) electrons. The molecule has 1 aromatic rings. The minimum atomic E-state index is -0.916. The van der Waals surface area contributed by atoms with Crippen LogP contribution in [0, 0.1) is 0 Å². The zero-order chi connectivity index (χ0) is 9.84. The lowest BCUT2D eigenvalue weighted by molar-refractivity contribution is -0.00739. The van der Waals surface area contributed by atoms with Gasteiger partial charge in [-0.2, -0.15) is 16.4 Å². The van der Waals surface area contributed by atoms with Crippen molar-refractivity contribution in [2.75, 3.05) is 0 Å². The molecule has 0 atom stereocenters. The molecular weight excluding hydrogens is 188 g/mol. The van der Waals surface area contributed by atoms with Crippen LogP contribution in [0.2, 0.25) is 0 Å². The Morgan fingerprint density at radius 3 is 2.92 bits per heavy atom. The third kappa shape index (κ3) is 2.57. The van der Waals surface area contributed by atoms with Gasteiger partial charge in [0, 0.05) is 12.1 Å². The zero-order valence-corrected chi connectivity index (χ0v) is 7.75. The van der Waals surface area contributed by atoms with Crippen molar-refractivity contribution >= 4 is 17.4 Å². The summed E-state index contributed by atoms with van der Waals surface area (Å²) in [6, 6.07) is 0.977. The summed E-state index contributed by atoms with van der Waals surface area (Å²) in [4.78, 5) is 10.5. The van der Waals surface area contributed by atoms with Gasteiger partial charge in [0.15, 0.2) is 0 Å². The smallest absolute Gasteiger partial charge is 0.343 e. The lowest BCUT2D eigenvalue weighted by Crippen LogP contribution is -2.32. The maximum absolute atomic E-state index is 10.5. The fourth-order valence-corrected chi connectivity index (χ4v) is 1.53. The number of amides is 2. The summed E-state index contributed by atoms with van der Waals surface area (Å²) in [6.45, 7) is 3.53. The molecule has 0 spiro atoms. The lowest BCUT2D eigenvalue weighted by atomic mass is 10.2. The van der Waals surface area contributed by atoms with Gasteiger partial charge < -0.3 is 5.73 Å². The van der Waals surface area contributed by atoms with E-state index in [4.69, 9.17) is 10.9 Å². The van der Waals surface area contributed by atoms with Crippen LogP contribution in [0.5, 0.6) is 0 Å². The number of hydroxylamine groups is 2. The number of allylic oxidation sites excluding steroid dienone is 1. The SMILES string of the molecule is C=C(Cc1ccsc1)N(O)C(N)=O. The van der Waals surface area contributed by atoms with E-state index in [0.29, 0.717) is 11.5 Å². The van der Waals surface area contributed by atoms with Crippen LogP contribution in [0.15, 0.2) is 29.1 Å². The number of urea groups is 1. The van der Waals surface area contributed by atoms with Crippen LogP contribution in [0.4, 0.5) is 4.79 Å². The van der Waals surface area contributed by atoms with Crippen molar-refractivity contribution in [2.24, 2.45) is 5.73 Å². The maximum Gasteiger partial charge on any atom is 0.343 e. The van der Waals surface area contributed by atoms with Crippen LogP contribution < -0.4 is 5.73 Å². The summed E-state index contributed by atoms with van der Waals surface area (Å²) in [5, 5.41) is 13.2. The summed E-state index contributed by atoms with van der Waals surface area (Å²) >= 11 is 1.54. The van der Waals surface area contributed by atoms with Crippen molar-refractivity contribution in [2.45, 2.75) is 6.42 Å². The highest BCUT2D eigenvalue weighted by Gasteiger charge is 2.10. The zero-order valence-electron chi connectivity index (χ0n) is 6.93. The van der Waals surface area contributed by atoms with E-state index in [2.05, 4.69) is 6.58 Å². The molecule has 3 N–H and O–H groups in total. The van der Waals surface area contributed by atoms with Crippen molar-refractivity contribution in [3.05, 3.63) is 34.7 Å². The predicted octanol–water partition coefficient (Wildman–Crippen LogP) is 1.57. The molecule has 0 aliphatic rings. The van der Waals surface area contributed by atoms with Crippen molar-refractivity contribution in [3.8, 4) is 0 Å². The number of nitrogens with zero attached hydrogens (tertiary/aromatic N) is 1. The van der Waals surface area contributed by atoms with Crippen molar-refractivity contribution in [3.63, 3.8) is 0 Å². The first kappa shape index (κ1) is 9.76. The monoisotopic (exact) mass is 198 g/mol. The third-order valence-corrected chi connectivity index (χ3v) is 2.23. The first-order valence-corrected chi connectivity index (χ1v) is 4.53. The number of carbonyl (C=O) groups excluding carboxylic acids is 1. The fraction of sp³-hybridized carbons (Fsp3) is 0.125. The molecule has 1 heterocycles. The van der Waals surface area contributed by atoms with Gasteiger partial charge in [-0.05, 0) is 22.4 Å². The van der Waals surface area contributed by atoms with Gasteiger partial charge in [-0.3, -0.25) is 5.21 Å². The molecule has 4 nitrogen and oxygen atoms in total. The van der Waals surface area contributed by atoms with E-state index in [1.165, 1.54) is 0 Å². The van der Waals surface area contributed by atoms with Crippen molar-refractivity contribution in [1.82, 2.24) is 5.06 Å². The number of carbonyl (C=O) groups is 1. The molecule has 0 bridgehead atoms. The third-order valence-electron chi connectivity index (χ3n) is 1.50. The predicted molar refractivity (Wildman–Crippen MR) is 50.4 cm³/mol. The largest absolute Gasteiger partial charge is 0.349 e. The molecule has 0 saturated heterocycles. The van der Waals surface area contributed by atoms with E-state index in [1.807, 2.05) is 16.8 Å². The molecule has 2 amide bonds. The molecule has 0 unspecified atom stereocenters. The van der Waals surface area contributed by atoms with Gasteiger partial charge >= 0.3 is 6.03 Å². The molecule has 5 heteroatoms. The Labute approximate surface area is 79.9 Å². The summed E-state index contributed by atoms with van der Waals surface area (Å²) in [6.07, 6.45) is 0.420. The van der Waals surface area contributed by atoms with E-state index < -0.39 is 6.03 Å². The molecule has 0 aliphatic carbocycles. The Morgan fingerprint density at radius 1 is 1.77 bits per heavy atom. The summed E-state index contributed by atoms with van der Waals surface area (Å²) < 4.78 is 0. The standard InChI is InChI=1S/C8H10N2O2S/c1-6(10(12)8(9)11)4-7-2-3-13-5-7/h2-3,5,12H,1,4H2,(H2,9,11). The Morgan fingerprint density at radius 2 is 2.46 bits per heavy atom. The summed E-state index contributed by atoms with van der Waals surface area (Å²) in [7, 11) is 0. The molecule has 0 fully saturated rings. The number of hydrogen-bond acceptors (Lipinski definition) is 3. The van der Waals surface area contributed by atoms with E-state index in [-0.39, 0.29) is 5.70 Å². The molecule has 0 aliphatic heterocycles. The second kappa shape index (κ2) is 4.06. The maximum atomic E-state index is 10.5. The average molecular weight is 198 g/mol. The van der Waals surface area contributed by atoms with Gasteiger partial charge in [0.1, 0.15) is 0 Å². The highest BCUT2D eigenvalue weighted by atomic mass is 32.1. The van der Waals surface area contributed by atoms with Crippen molar-refractivity contribution < 1.29 is 10.0 Å². The van der Waals surface area contributed by atoms with Crippen LogP contribution in [0.1, 0.15) is 5.56 Å². The Bertz CT molecular complexity index is 308. The van der Waals surface area contributed by atoms with Gasteiger partial charge in [0.2, 0.25) is 0 Å². The fourth-order valence-electron chi connectivity index (χ4n) is 0.860.